The molecule has 2 aliphatic heterocycles. The number of nitriles is 1. The van der Waals surface area contributed by atoms with Gasteiger partial charge in [-0.15, -0.1) is 0 Å². The summed E-state index contributed by atoms with van der Waals surface area (Å²) in [5.41, 5.74) is 0.304. The van der Waals surface area contributed by atoms with Crippen LogP contribution in [0.1, 0.15) is 67.7 Å². The molecule has 2 aliphatic rings. The second-order valence-corrected chi connectivity index (χ2v) is 12.0. The monoisotopic (exact) mass is 573 g/mol. The summed E-state index contributed by atoms with van der Waals surface area (Å²) in [6.45, 7) is 7.73. The molecule has 2 fully saturated rings. The Morgan fingerprint density at radius 1 is 1.12 bits per heavy atom. The van der Waals surface area contributed by atoms with Crippen LogP contribution >= 0.6 is 0 Å². The number of aryl methyl sites for hydroxylation is 1. The zero-order chi connectivity index (χ0) is 29.7. The molecule has 1 N–H and O–H groups in total. The van der Waals surface area contributed by atoms with Gasteiger partial charge in [-0.05, 0) is 91.9 Å². The van der Waals surface area contributed by atoms with Gasteiger partial charge in [0, 0.05) is 25.6 Å². The molecule has 9 heteroatoms. The molecule has 2 aromatic rings. The minimum atomic E-state index is -4.54. The lowest BCUT2D eigenvalue weighted by Gasteiger charge is -2.35. The molecule has 2 heterocycles. The van der Waals surface area contributed by atoms with E-state index in [0.717, 1.165) is 56.9 Å². The van der Waals surface area contributed by atoms with Crippen molar-refractivity contribution in [3.05, 3.63) is 70.5 Å². The van der Waals surface area contributed by atoms with E-state index < -0.39 is 23.8 Å². The summed E-state index contributed by atoms with van der Waals surface area (Å²) < 4.78 is 53.9. The third-order valence-electron chi connectivity index (χ3n) is 8.81. The number of likely N-dealkylation sites (tertiary alicyclic amines) is 2. The number of alkyl halides is 3. The Bertz CT molecular complexity index is 1230. The fourth-order valence-corrected chi connectivity index (χ4v) is 6.76. The molecule has 0 aromatic heterocycles. The van der Waals surface area contributed by atoms with Gasteiger partial charge in [-0.1, -0.05) is 38.5 Å². The third kappa shape index (κ3) is 7.87. The average molecular weight is 574 g/mol. The first-order valence-electron chi connectivity index (χ1n) is 14.5. The van der Waals surface area contributed by atoms with Crippen molar-refractivity contribution in [3.8, 4) is 6.07 Å². The Kier molecular flexibility index (Phi) is 10.1. The zero-order valence-corrected chi connectivity index (χ0v) is 23.7. The number of hydrogen-bond acceptors (Lipinski definition) is 4. The maximum atomic E-state index is 14.1. The number of rotatable bonds is 10. The van der Waals surface area contributed by atoms with Crippen molar-refractivity contribution in [1.29, 1.82) is 5.26 Å². The number of benzene rings is 2. The van der Waals surface area contributed by atoms with Crippen LogP contribution in [0.25, 0.3) is 0 Å². The highest BCUT2D eigenvalue weighted by Crippen LogP contribution is 2.37. The summed E-state index contributed by atoms with van der Waals surface area (Å²) in [5, 5.41) is 18.9. The molecule has 222 valence electrons. The number of piperidine rings is 1. The van der Waals surface area contributed by atoms with Crippen molar-refractivity contribution in [1.82, 2.24) is 9.80 Å². The molecule has 0 radical (unpaired) electrons. The van der Waals surface area contributed by atoms with Gasteiger partial charge in [-0.2, -0.15) is 18.4 Å². The van der Waals surface area contributed by atoms with E-state index in [-0.39, 0.29) is 29.1 Å². The molecule has 41 heavy (non-hydrogen) atoms. The second-order valence-electron chi connectivity index (χ2n) is 12.0. The Balaban J connectivity index is 1.32. The van der Waals surface area contributed by atoms with E-state index in [4.69, 9.17) is 5.26 Å². The molecule has 0 bridgehead atoms. The molecule has 3 atom stereocenters. The lowest BCUT2D eigenvalue weighted by atomic mass is 9.86. The minimum absolute atomic E-state index is 0.0421. The largest absolute Gasteiger partial charge is 0.480 e. The lowest BCUT2D eigenvalue weighted by molar-refractivity contribution is -0.144. The van der Waals surface area contributed by atoms with Gasteiger partial charge in [0.2, 0.25) is 0 Å². The molecule has 2 aromatic carbocycles. The van der Waals surface area contributed by atoms with Crippen molar-refractivity contribution in [3.63, 3.8) is 0 Å². The maximum Gasteiger partial charge on any atom is 0.417 e. The Morgan fingerprint density at radius 2 is 1.85 bits per heavy atom. The van der Waals surface area contributed by atoms with Crippen molar-refractivity contribution >= 4 is 5.97 Å². The fraction of sp³-hybridized carbons (Fsp3) is 0.562. The smallest absolute Gasteiger partial charge is 0.417 e. The summed E-state index contributed by atoms with van der Waals surface area (Å²) in [5.74, 6) is -0.404. The lowest BCUT2D eigenvalue weighted by Crippen LogP contribution is -2.44. The highest BCUT2D eigenvalue weighted by molar-refractivity contribution is 5.73. The summed E-state index contributed by atoms with van der Waals surface area (Å²) in [7, 11) is 0. The Labute approximate surface area is 239 Å². The molecule has 0 spiro atoms. The van der Waals surface area contributed by atoms with Crippen LogP contribution in [-0.2, 0) is 17.4 Å². The van der Waals surface area contributed by atoms with Gasteiger partial charge >= 0.3 is 12.1 Å². The maximum absolute atomic E-state index is 14.1. The summed E-state index contributed by atoms with van der Waals surface area (Å²) in [6.07, 6.45) is -0.256. The van der Waals surface area contributed by atoms with Crippen molar-refractivity contribution in [2.45, 2.75) is 64.1 Å². The van der Waals surface area contributed by atoms with E-state index in [0.29, 0.717) is 31.0 Å². The number of hydrogen-bond donors (Lipinski definition) is 1. The third-order valence-corrected chi connectivity index (χ3v) is 8.81. The molecule has 4 rings (SSSR count). The highest BCUT2D eigenvalue weighted by atomic mass is 19.4. The molecule has 2 saturated heterocycles. The van der Waals surface area contributed by atoms with Crippen molar-refractivity contribution in [2.24, 2.45) is 17.8 Å². The topological polar surface area (TPSA) is 67.6 Å². The average Bonchev–Trinajstić information content (AvgIpc) is 3.31. The predicted octanol–water partition coefficient (Wildman–Crippen LogP) is 6.58. The quantitative estimate of drug-likeness (QED) is 0.326. The SMILES string of the molecule is CC(C)C(C(=O)O)N1CC(CN2CCC(CCCc3ccc(C#N)c(C(F)(F)F)c3)CC2)C(c2cccc(F)c2)C1. The van der Waals surface area contributed by atoms with Crippen LogP contribution in [0.5, 0.6) is 0 Å². The van der Waals surface area contributed by atoms with Crippen LogP contribution in [0.2, 0.25) is 0 Å². The molecule has 0 amide bonds. The summed E-state index contributed by atoms with van der Waals surface area (Å²) >= 11 is 0. The van der Waals surface area contributed by atoms with Gasteiger partial charge in [0.05, 0.1) is 17.2 Å². The number of nitrogens with zero attached hydrogens (tertiary/aromatic N) is 3. The molecule has 0 aliphatic carbocycles. The fourth-order valence-electron chi connectivity index (χ4n) is 6.76. The van der Waals surface area contributed by atoms with E-state index in [1.807, 2.05) is 24.8 Å². The van der Waals surface area contributed by atoms with E-state index in [1.54, 1.807) is 24.3 Å². The van der Waals surface area contributed by atoms with Gasteiger partial charge in [0.15, 0.2) is 0 Å². The Hall–Kier alpha value is -2.96. The van der Waals surface area contributed by atoms with Gasteiger partial charge in [0.25, 0.3) is 0 Å². The van der Waals surface area contributed by atoms with Crippen LogP contribution in [0.15, 0.2) is 42.5 Å². The number of carboxylic acids is 1. The molecular formula is C32H39F4N3O2. The van der Waals surface area contributed by atoms with Crippen LogP contribution in [0.4, 0.5) is 17.6 Å². The van der Waals surface area contributed by atoms with Gasteiger partial charge in [-0.25, -0.2) is 4.39 Å². The number of carbonyl (C=O) groups is 1. The van der Waals surface area contributed by atoms with Crippen LogP contribution in [0.3, 0.4) is 0 Å². The first-order valence-corrected chi connectivity index (χ1v) is 14.5. The Morgan fingerprint density at radius 3 is 2.46 bits per heavy atom. The van der Waals surface area contributed by atoms with E-state index in [9.17, 15) is 27.5 Å². The normalized spacial score (nSPS) is 21.7. The zero-order valence-electron chi connectivity index (χ0n) is 23.7. The molecule has 3 unspecified atom stereocenters. The predicted molar refractivity (Wildman–Crippen MR) is 149 cm³/mol. The number of aliphatic carboxylic acids is 1. The van der Waals surface area contributed by atoms with Crippen molar-refractivity contribution in [2.75, 3.05) is 32.7 Å². The van der Waals surface area contributed by atoms with E-state index >= 15 is 0 Å². The number of halogens is 4. The first kappa shape index (κ1) is 31.0. The molecule has 0 saturated carbocycles. The van der Waals surface area contributed by atoms with E-state index in [1.165, 1.54) is 12.1 Å². The summed E-state index contributed by atoms with van der Waals surface area (Å²) in [4.78, 5) is 16.5. The standard InChI is InChI=1S/C32H39F4N3O2/c1-21(2)30(31(40)41)39-19-26(28(20-39)24-7-4-8-27(33)16-24)18-38-13-11-22(12-14-38)5-3-6-23-9-10-25(17-37)29(15-23)32(34,35)36/h4,7-10,15-16,21-22,26,28,30H,3,5-6,11-14,18-20H2,1-2H3,(H,40,41). The first-order chi connectivity index (χ1) is 19.5. The number of carboxylic acid groups (broad SMARTS) is 1. The minimum Gasteiger partial charge on any atom is -0.480 e. The highest BCUT2D eigenvalue weighted by Gasteiger charge is 2.41. The molecule has 5 nitrogen and oxygen atoms in total. The second kappa shape index (κ2) is 13.3. The van der Waals surface area contributed by atoms with Crippen LogP contribution in [-0.4, -0.2) is 59.6 Å². The van der Waals surface area contributed by atoms with Crippen LogP contribution in [0, 0.1) is 34.9 Å². The van der Waals surface area contributed by atoms with Gasteiger partial charge in [0.1, 0.15) is 11.9 Å². The van der Waals surface area contributed by atoms with Crippen molar-refractivity contribution < 1.29 is 27.5 Å². The van der Waals surface area contributed by atoms with E-state index in [2.05, 4.69) is 4.90 Å². The van der Waals surface area contributed by atoms with Gasteiger partial charge in [-0.3, -0.25) is 9.69 Å². The molecular weight excluding hydrogens is 534 g/mol. The van der Waals surface area contributed by atoms with Crippen LogP contribution < -0.4 is 0 Å². The van der Waals surface area contributed by atoms with Gasteiger partial charge < -0.3 is 10.0 Å². The summed E-state index contributed by atoms with van der Waals surface area (Å²) in [6, 6.07) is 11.7.